The second-order valence-electron chi connectivity index (χ2n) is 5.73. The van der Waals surface area contributed by atoms with Gasteiger partial charge in [-0.3, -0.25) is 9.89 Å². The van der Waals surface area contributed by atoms with E-state index < -0.39 is 29.7 Å². The van der Waals surface area contributed by atoms with E-state index in [1.165, 1.54) is 12.4 Å². The number of rotatable bonds is 7. The zero-order valence-corrected chi connectivity index (χ0v) is 14.0. The minimum atomic E-state index is -1.13. The molecule has 2 aromatic heterocycles. The van der Waals surface area contributed by atoms with Crippen LogP contribution in [0.15, 0.2) is 24.5 Å². The average molecular weight is 363 g/mol. The Hall–Kier alpha value is -2.90. The van der Waals surface area contributed by atoms with Gasteiger partial charge in [0.15, 0.2) is 5.65 Å². The molecular formula is C18H16F3N3O2. The molecule has 1 aromatic carbocycles. The van der Waals surface area contributed by atoms with Crippen molar-refractivity contribution in [1.82, 2.24) is 15.2 Å². The van der Waals surface area contributed by atoms with E-state index in [9.17, 15) is 18.0 Å². The first kappa shape index (κ1) is 17.9. The maximum atomic E-state index is 14.2. The maximum Gasteiger partial charge on any atom is 0.204 e. The largest absolute Gasteiger partial charge is 0.492 e. The van der Waals surface area contributed by atoms with Crippen molar-refractivity contribution in [3.63, 3.8) is 0 Å². The molecule has 0 aliphatic carbocycles. The number of pyridine rings is 1. The van der Waals surface area contributed by atoms with E-state index in [1.54, 1.807) is 0 Å². The number of nitrogens with zero attached hydrogens (tertiary/aromatic N) is 2. The van der Waals surface area contributed by atoms with Crippen LogP contribution in [0, 0.1) is 11.6 Å². The van der Waals surface area contributed by atoms with Crippen LogP contribution in [0.1, 0.15) is 41.3 Å². The fraction of sp³-hybridized carbons (Fsp3) is 0.278. The zero-order valence-electron chi connectivity index (χ0n) is 14.0. The lowest BCUT2D eigenvalue weighted by Crippen LogP contribution is -2.12. The Bertz CT molecular complexity index is 933. The number of ether oxygens (including phenoxy) is 1. The molecule has 0 radical (unpaired) electrons. The summed E-state index contributed by atoms with van der Waals surface area (Å²) in [7, 11) is 0. The van der Waals surface area contributed by atoms with Gasteiger partial charge in [0, 0.05) is 6.20 Å². The third kappa shape index (κ3) is 3.26. The lowest BCUT2D eigenvalue weighted by molar-refractivity contribution is 0.102. The Morgan fingerprint density at radius 2 is 1.96 bits per heavy atom. The number of benzene rings is 1. The maximum absolute atomic E-state index is 14.2. The lowest BCUT2D eigenvalue weighted by Gasteiger charge is -2.12. The molecule has 2 heterocycles. The van der Waals surface area contributed by atoms with Gasteiger partial charge in [-0.25, -0.2) is 18.2 Å². The summed E-state index contributed by atoms with van der Waals surface area (Å²) in [5.74, 6) is -3.02. The van der Waals surface area contributed by atoms with Gasteiger partial charge in [-0.05, 0) is 24.1 Å². The third-order valence-electron chi connectivity index (χ3n) is 3.90. The van der Waals surface area contributed by atoms with Gasteiger partial charge in [0.1, 0.15) is 24.1 Å². The molecule has 136 valence electrons. The monoisotopic (exact) mass is 363 g/mol. The van der Waals surface area contributed by atoms with Crippen molar-refractivity contribution in [2.45, 2.75) is 26.4 Å². The molecule has 0 spiro atoms. The summed E-state index contributed by atoms with van der Waals surface area (Å²) in [6, 6.07) is 1.61. The van der Waals surface area contributed by atoms with E-state index in [0.717, 1.165) is 25.0 Å². The highest BCUT2D eigenvalue weighted by Gasteiger charge is 2.25. The fourth-order valence-corrected chi connectivity index (χ4v) is 2.57. The molecule has 0 unspecified atom stereocenters. The average Bonchev–Trinajstić information content (AvgIpc) is 3.10. The summed E-state index contributed by atoms with van der Waals surface area (Å²) in [6.07, 6.45) is 4.23. The Labute approximate surface area is 147 Å². The van der Waals surface area contributed by atoms with Crippen molar-refractivity contribution >= 4 is 16.8 Å². The van der Waals surface area contributed by atoms with Crippen molar-refractivity contribution in [2.24, 2.45) is 0 Å². The molecule has 3 aromatic rings. The molecule has 0 aliphatic heterocycles. The first-order valence-electron chi connectivity index (χ1n) is 8.10. The molecule has 3 rings (SSSR count). The second kappa shape index (κ2) is 7.55. The van der Waals surface area contributed by atoms with Crippen LogP contribution >= 0.6 is 0 Å². The number of hydrogen-bond acceptors (Lipinski definition) is 4. The third-order valence-corrected chi connectivity index (χ3v) is 3.90. The van der Waals surface area contributed by atoms with Crippen LogP contribution in [0.25, 0.3) is 11.0 Å². The van der Waals surface area contributed by atoms with E-state index in [-0.39, 0.29) is 16.9 Å². The van der Waals surface area contributed by atoms with E-state index in [4.69, 9.17) is 4.74 Å². The molecule has 8 heteroatoms. The minimum absolute atomic E-state index is 0.0826. The van der Waals surface area contributed by atoms with E-state index in [0.29, 0.717) is 17.6 Å². The number of H-pyrrole nitrogens is 1. The Morgan fingerprint density at radius 3 is 2.62 bits per heavy atom. The lowest BCUT2D eigenvalue weighted by atomic mass is 10.0. The number of unbranched alkanes of at least 4 members (excludes halogenated alkanes) is 1. The molecule has 0 amide bonds. The van der Waals surface area contributed by atoms with Crippen molar-refractivity contribution in [3.8, 4) is 5.75 Å². The topological polar surface area (TPSA) is 67.9 Å². The predicted molar refractivity (Wildman–Crippen MR) is 88.9 cm³/mol. The van der Waals surface area contributed by atoms with Gasteiger partial charge in [0.2, 0.25) is 5.78 Å². The number of halogens is 3. The summed E-state index contributed by atoms with van der Waals surface area (Å²) < 4.78 is 46.8. The smallest absolute Gasteiger partial charge is 0.204 e. The number of ketones is 1. The number of carbonyl (C=O) groups excluding carboxylic acids is 1. The molecule has 0 aliphatic rings. The first-order chi connectivity index (χ1) is 12.6. The van der Waals surface area contributed by atoms with Crippen LogP contribution in [0.5, 0.6) is 5.75 Å². The number of aromatic amines is 1. The highest BCUT2D eigenvalue weighted by molar-refractivity contribution is 6.13. The zero-order chi connectivity index (χ0) is 18.7. The normalized spacial score (nSPS) is 11.1. The number of aromatic nitrogens is 3. The Kier molecular flexibility index (Phi) is 5.20. The number of carbonyl (C=O) groups is 1. The van der Waals surface area contributed by atoms with Gasteiger partial charge in [-0.15, -0.1) is 0 Å². The van der Waals surface area contributed by atoms with Crippen molar-refractivity contribution in [1.29, 1.82) is 0 Å². The summed E-state index contributed by atoms with van der Waals surface area (Å²) in [5.41, 5.74) is -0.644. The highest BCUT2D eigenvalue weighted by Crippen LogP contribution is 2.31. The Morgan fingerprint density at radius 1 is 1.23 bits per heavy atom. The number of alkyl halides is 1. The number of fused-ring (bicyclic) bond motifs is 1. The quantitative estimate of drug-likeness (QED) is 0.507. The van der Waals surface area contributed by atoms with Gasteiger partial charge < -0.3 is 4.74 Å². The molecule has 0 saturated carbocycles. The second-order valence-corrected chi connectivity index (χ2v) is 5.73. The molecule has 0 fully saturated rings. The van der Waals surface area contributed by atoms with Crippen LogP contribution in [0.2, 0.25) is 0 Å². The summed E-state index contributed by atoms with van der Waals surface area (Å²) in [4.78, 5) is 16.8. The molecule has 0 atom stereocenters. The SMILES string of the molecule is CCCCOc1c(C(=O)c2c(F)cc(CF)cc2F)cnc2[nH]ncc12. The predicted octanol–water partition coefficient (Wildman–Crippen LogP) is 4.12. The summed E-state index contributed by atoms with van der Waals surface area (Å²) in [6.45, 7) is 1.27. The van der Waals surface area contributed by atoms with Gasteiger partial charge in [-0.1, -0.05) is 13.3 Å². The number of hydrogen-bond donors (Lipinski definition) is 1. The van der Waals surface area contributed by atoms with Gasteiger partial charge in [-0.2, -0.15) is 5.10 Å². The Balaban J connectivity index is 2.09. The van der Waals surface area contributed by atoms with Crippen LogP contribution < -0.4 is 4.74 Å². The molecule has 0 saturated heterocycles. The van der Waals surface area contributed by atoms with Gasteiger partial charge in [0.25, 0.3) is 0 Å². The van der Waals surface area contributed by atoms with Crippen LogP contribution in [0.3, 0.4) is 0 Å². The number of nitrogens with one attached hydrogen (secondary N) is 1. The summed E-state index contributed by atoms with van der Waals surface area (Å²) in [5, 5.41) is 6.94. The molecule has 1 N–H and O–H groups in total. The first-order valence-corrected chi connectivity index (χ1v) is 8.10. The van der Waals surface area contributed by atoms with Crippen molar-refractivity contribution in [2.75, 3.05) is 6.61 Å². The van der Waals surface area contributed by atoms with Gasteiger partial charge in [0.05, 0.1) is 29.3 Å². The van der Waals surface area contributed by atoms with Crippen molar-refractivity contribution in [3.05, 3.63) is 52.9 Å². The van der Waals surface area contributed by atoms with Gasteiger partial charge >= 0.3 is 0 Å². The summed E-state index contributed by atoms with van der Waals surface area (Å²) >= 11 is 0. The van der Waals surface area contributed by atoms with E-state index in [2.05, 4.69) is 15.2 Å². The van der Waals surface area contributed by atoms with E-state index >= 15 is 0 Å². The van der Waals surface area contributed by atoms with Crippen LogP contribution in [-0.2, 0) is 6.67 Å². The standard InChI is InChI=1S/C18H16F3N3O2/c1-2-3-4-26-17-11(8-22-18-12(17)9-23-24-18)16(25)15-13(20)5-10(7-19)6-14(15)21/h5-6,8-9H,2-4,7H2,1H3,(H,22,23,24). The van der Waals surface area contributed by atoms with Crippen LogP contribution in [0.4, 0.5) is 13.2 Å². The van der Waals surface area contributed by atoms with Crippen LogP contribution in [-0.4, -0.2) is 27.6 Å². The molecule has 0 bridgehead atoms. The highest BCUT2D eigenvalue weighted by atomic mass is 19.1. The molecule has 26 heavy (non-hydrogen) atoms. The minimum Gasteiger partial charge on any atom is -0.492 e. The van der Waals surface area contributed by atoms with E-state index in [1.807, 2.05) is 6.92 Å². The molecule has 5 nitrogen and oxygen atoms in total. The molecular weight excluding hydrogens is 347 g/mol. The fourth-order valence-electron chi connectivity index (χ4n) is 2.57. The van der Waals surface area contributed by atoms with Crippen molar-refractivity contribution < 1.29 is 22.7 Å².